The van der Waals surface area contributed by atoms with E-state index in [0.29, 0.717) is 12.8 Å². The number of furan rings is 1. The summed E-state index contributed by atoms with van der Waals surface area (Å²) in [6.45, 7) is 2.00. The lowest BCUT2D eigenvalue weighted by molar-refractivity contribution is 0.509. The number of aryl methyl sites for hydroxylation is 2. The SMILES string of the molecule is Cc1cc(N(C)C)oc1CCC#N. The summed E-state index contributed by atoms with van der Waals surface area (Å²) in [7, 11) is 3.87. The van der Waals surface area contributed by atoms with Gasteiger partial charge in [0.05, 0.1) is 6.07 Å². The largest absolute Gasteiger partial charge is 0.445 e. The van der Waals surface area contributed by atoms with E-state index >= 15 is 0 Å². The van der Waals surface area contributed by atoms with Crippen LogP contribution in [0.25, 0.3) is 0 Å². The van der Waals surface area contributed by atoms with E-state index in [0.717, 1.165) is 17.2 Å². The highest BCUT2D eigenvalue weighted by Gasteiger charge is 2.07. The fourth-order valence-electron chi connectivity index (χ4n) is 1.14. The summed E-state index contributed by atoms with van der Waals surface area (Å²) in [4.78, 5) is 1.92. The molecule has 1 aromatic heterocycles. The quantitative estimate of drug-likeness (QED) is 0.711. The van der Waals surface area contributed by atoms with Crippen molar-refractivity contribution < 1.29 is 4.42 Å². The van der Waals surface area contributed by atoms with E-state index in [-0.39, 0.29) is 0 Å². The Hall–Kier alpha value is -1.43. The van der Waals surface area contributed by atoms with E-state index in [1.165, 1.54) is 0 Å². The smallest absolute Gasteiger partial charge is 0.195 e. The van der Waals surface area contributed by atoms with Crippen molar-refractivity contribution >= 4 is 5.88 Å². The molecule has 0 amide bonds. The Bertz CT molecular complexity index is 320. The molecule has 0 unspecified atom stereocenters. The van der Waals surface area contributed by atoms with Gasteiger partial charge in [0, 0.05) is 33.0 Å². The first kappa shape index (κ1) is 9.66. The second kappa shape index (κ2) is 3.99. The summed E-state index contributed by atoms with van der Waals surface area (Å²) in [6, 6.07) is 4.10. The molecule has 1 aromatic rings. The van der Waals surface area contributed by atoms with E-state index in [2.05, 4.69) is 6.07 Å². The molecule has 0 saturated heterocycles. The molecule has 1 heterocycles. The van der Waals surface area contributed by atoms with Crippen LogP contribution in [0.2, 0.25) is 0 Å². The van der Waals surface area contributed by atoms with Crippen LogP contribution in [0.3, 0.4) is 0 Å². The number of rotatable bonds is 3. The number of anilines is 1. The van der Waals surface area contributed by atoms with Crippen LogP contribution >= 0.6 is 0 Å². The van der Waals surface area contributed by atoms with E-state index in [1.54, 1.807) is 0 Å². The Labute approximate surface area is 78.6 Å². The van der Waals surface area contributed by atoms with Gasteiger partial charge >= 0.3 is 0 Å². The average molecular weight is 178 g/mol. The molecule has 0 saturated carbocycles. The normalized spacial score (nSPS) is 9.69. The van der Waals surface area contributed by atoms with Gasteiger partial charge < -0.3 is 9.32 Å². The summed E-state index contributed by atoms with van der Waals surface area (Å²) in [5, 5.41) is 8.43. The molecule has 0 aliphatic heterocycles. The van der Waals surface area contributed by atoms with Crippen LogP contribution in [0.5, 0.6) is 0 Å². The van der Waals surface area contributed by atoms with Crippen molar-refractivity contribution in [2.75, 3.05) is 19.0 Å². The first-order chi connectivity index (χ1) is 6.15. The zero-order valence-corrected chi connectivity index (χ0v) is 8.29. The molecule has 0 atom stereocenters. The molecule has 0 bridgehead atoms. The Kier molecular flexibility index (Phi) is 2.97. The maximum Gasteiger partial charge on any atom is 0.195 e. The van der Waals surface area contributed by atoms with Crippen LogP contribution in [0.15, 0.2) is 10.5 Å². The Morgan fingerprint density at radius 2 is 2.23 bits per heavy atom. The van der Waals surface area contributed by atoms with Crippen LogP contribution in [0.1, 0.15) is 17.7 Å². The van der Waals surface area contributed by atoms with Gasteiger partial charge in [0.15, 0.2) is 5.88 Å². The molecule has 0 fully saturated rings. The van der Waals surface area contributed by atoms with Crippen LogP contribution in [0.4, 0.5) is 5.88 Å². The van der Waals surface area contributed by atoms with Crippen molar-refractivity contribution in [3.63, 3.8) is 0 Å². The van der Waals surface area contributed by atoms with Gasteiger partial charge in [-0.05, 0) is 12.5 Å². The Morgan fingerprint density at radius 3 is 2.69 bits per heavy atom. The lowest BCUT2D eigenvalue weighted by atomic mass is 10.2. The van der Waals surface area contributed by atoms with E-state index < -0.39 is 0 Å². The lowest BCUT2D eigenvalue weighted by Crippen LogP contribution is -2.06. The van der Waals surface area contributed by atoms with Gasteiger partial charge in [-0.25, -0.2) is 0 Å². The number of hydrogen-bond donors (Lipinski definition) is 0. The third-order valence-corrected chi connectivity index (χ3v) is 1.91. The number of nitriles is 1. The minimum atomic E-state index is 0.515. The molecule has 3 nitrogen and oxygen atoms in total. The van der Waals surface area contributed by atoms with Crippen molar-refractivity contribution in [3.05, 3.63) is 17.4 Å². The van der Waals surface area contributed by atoms with Gasteiger partial charge in [0.2, 0.25) is 0 Å². The van der Waals surface area contributed by atoms with Gasteiger partial charge in [0.1, 0.15) is 5.76 Å². The molecule has 0 aliphatic carbocycles. The van der Waals surface area contributed by atoms with Crippen LogP contribution < -0.4 is 4.90 Å². The maximum absolute atomic E-state index is 8.43. The average Bonchev–Trinajstić information content (AvgIpc) is 2.44. The van der Waals surface area contributed by atoms with Crippen molar-refractivity contribution in [3.8, 4) is 6.07 Å². The second-order valence-corrected chi connectivity index (χ2v) is 3.24. The zero-order valence-electron chi connectivity index (χ0n) is 8.29. The van der Waals surface area contributed by atoms with Gasteiger partial charge in [-0.1, -0.05) is 0 Å². The minimum Gasteiger partial charge on any atom is -0.445 e. The standard InChI is InChI=1S/C10H14N2O/c1-8-7-10(12(2)3)13-9(8)5-4-6-11/h7H,4-5H2,1-3H3. The second-order valence-electron chi connectivity index (χ2n) is 3.24. The summed E-state index contributed by atoms with van der Waals surface area (Å²) in [5.74, 6) is 1.77. The fraction of sp³-hybridized carbons (Fsp3) is 0.500. The van der Waals surface area contributed by atoms with Crippen molar-refractivity contribution in [2.45, 2.75) is 19.8 Å². The van der Waals surface area contributed by atoms with E-state index in [9.17, 15) is 0 Å². The number of nitrogens with zero attached hydrogens (tertiary/aromatic N) is 2. The first-order valence-electron chi connectivity index (χ1n) is 4.28. The van der Waals surface area contributed by atoms with Crippen molar-refractivity contribution in [1.29, 1.82) is 5.26 Å². The summed E-state index contributed by atoms with van der Waals surface area (Å²) in [5.41, 5.74) is 1.12. The molecule has 13 heavy (non-hydrogen) atoms. The van der Waals surface area contributed by atoms with E-state index in [1.807, 2.05) is 32.0 Å². The third kappa shape index (κ3) is 2.25. The molecule has 0 spiro atoms. The highest BCUT2D eigenvalue weighted by molar-refractivity contribution is 5.39. The van der Waals surface area contributed by atoms with Crippen LogP contribution in [0, 0.1) is 18.3 Å². The maximum atomic E-state index is 8.43. The Balaban J connectivity index is 2.79. The van der Waals surface area contributed by atoms with Crippen molar-refractivity contribution in [2.24, 2.45) is 0 Å². The van der Waals surface area contributed by atoms with E-state index in [4.69, 9.17) is 9.68 Å². The van der Waals surface area contributed by atoms with Crippen molar-refractivity contribution in [1.82, 2.24) is 0 Å². The molecular formula is C10H14N2O. The highest BCUT2D eigenvalue weighted by Crippen LogP contribution is 2.21. The molecule has 0 aliphatic rings. The lowest BCUT2D eigenvalue weighted by Gasteiger charge is -2.06. The molecule has 0 aromatic carbocycles. The van der Waals surface area contributed by atoms with Gasteiger partial charge in [-0.2, -0.15) is 5.26 Å². The summed E-state index contributed by atoms with van der Waals surface area (Å²) in [6.07, 6.45) is 1.22. The summed E-state index contributed by atoms with van der Waals surface area (Å²) < 4.78 is 5.55. The Morgan fingerprint density at radius 1 is 1.54 bits per heavy atom. The minimum absolute atomic E-state index is 0.515. The predicted molar refractivity (Wildman–Crippen MR) is 51.7 cm³/mol. The highest BCUT2D eigenvalue weighted by atomic mass is 16.4. The fourth-order valence-corrected chi connectivity index (χ4v) is 1.14. The third-order valence-electron chi connectivity index (χ3n) is 1.91. The monoisotopic (exact) mass is 178 g/mol. The topological polar surface area (TPSA) is 40.2 Å². The first-order valence-corrected chi connectivity index (χ1v) is 4.28. The van der Waals surface area contributed by atoms with Gasteiger partial charge in [-0.15, -0.1) is 0 Å². The van der Waals surface area contributed by atoms with Crippen LogP contribution in [-0.2, 0) is 6.42 Å². The van der Waals surface area contributed by atoms with Crippen LogP contribution in [-0.4, -0.2) is 14.1 Å². The molecule has 3 heteroatoms. The number of hydrogen-bond acceptors (Lipinski definition) is 3. The molecule has 1 rings (SSSR count). The predicted octanol–water partition coefficient (Wildman–Crippen LogP) is 2.11. The molecule has 70 valence electrons. The molecule has 0 N–H and O–H groups in total. The van der Waals surface area contributed by atoms with Gasteiger partial charge in [0.25, 0.3) is 0 Å². The summed E-state index contributed by atoms with van der Waals surface area (Å²) >= 11 is 0. The molecular weight excluding hydrogens is 164 g/mol. The molecule has 0 radical (unpaired) electrons. The zero-order chi connectivity index (χ0) is 9.84. The van der Waals surface area contributed by atoms with Gasteiger partial charge in [-0.3, -0.25) is 0 Å².